The van der Waals surface area contributed by atoms with Crippen LogP contribution in [0.25, 0.3) is 10.9 Å². The summed E-state index contributed by atoms with van der Waals surface area (Å²) in [6.45, 7) is 8.53. The Morgan fingerprint density at radius 2 is 1.94 bits per heavy atom. The van der Waals surface area contributed by atoms with Crippen molar-refractivity contribution in [3.8, 4) is 0 Å². The lowest BCUT2D eigenvalue weighted by molar-refractivity contribution is 0.316. The molecular formula is C14H20N4. The minimum absolute atomic E-state index is 0.928. The second-order valence-electron chi connectivity index (χ2n) is 4.23. The molecule has 0 bridgehead atoms. The summed E-state index contributed by atoms with van der Waals surface area (Å²) in [6.07, 6.45) is 1.80. The van der Waals surface area contributed by atoms with E-state index in [0.29, 0.717) is 0 Å². The summed E-state index contributed by atoms with van der Waals surface area (Å²) in [5.41, 5.74) is 2.00. The van der Waals surface area contributed by atoms with Gasteiger partial charge in [0.1, 0.15) is 0 Å². The molecule has 0 unspecified atom stereocenters. The van der Waals surface area contributed by atoms with Crippen LogP contribution in [0.5, 0.6) is 0 Å². The number of hydrogen-bond acceptors (Lipinski definition) is 4. The summed E-state index contributed by atoms with van der Waals surface area (Å²) in [7, 11) is 0. The standard InChI is InChI=1S/C14H20N4/c1-3-18(4-2)10-9-15-14-11-16-17-13-8-6-5-7-12(13)14/h5-8,11H,3-4,9-10H2,1-2H3,(H,15,17). The van der Waals surface area contributed by atoms with E-state index in [1.54, 1.807) is 6.20 Å². The number of rotatable bonds is 6. The van der Waals surface area contributed by atoms with Crippen molar-refractivity contribution in [3.63, 3.8) is 0 Å². The van der Waals surface area contributed by atoms with Crippen molar-refractivity contribution in [1.29, 1.82) is 0 Å². The van der Waals surface area contributed by atoms with E-state index >= 15 is 0 Å². The van der Waals surface area contributed by atoms with E-state index in [1.807, 2.05) is 18.2 Å². The van der Waals surface area contributed by atoms with Gasteiger partial charge in [-0.15, -0.1) is 0 Å². The van der Waals surface area contributed by atoms with Crippen LogP contribution in [0.4, 0.5) is 5.69 Å². The number of benzene rings is 1. The van der Waals surface area contributed by atoms with Crippen LogP contribution in [0, 0.1) is 0 Å². The maximum Gasteiger partial charge on any atom is 0.0950 e. The van der Waals surface area contributed by atoms with Crippen LogP contribution in [0.3, 0.4) is 0 Å². The van der Waals surface area contributed by atoms with E-state index < -0.39 is 0 Å². The predicted molar refractivity (Wildman–Crippen MR) is 75.8 cm³/mol. The number of anilines is 1. The van der Waals surface area contributed by atoms with Crippen LogP contribution in [0.2, 0.25) is 0 Å². The van der Waals surface area contributed by atoms with Gasteiger partial charge in [0.05, 0.1) is 17.4 Å². The molecule has 0 saturated carbocycles. The highest BCUT2D eigenvalue weighted by molar-refractivity contribution is 5.90. The van der Waals surface area contributed by atoms with Gasteiger partial charge < -0.3 is 10.2 Å². The monoisotopic (exact) mass is 244 g/mol. The van der Waals surface area contributed by atoms with E-state index in [0.717, 1.165) is 42.8 Å². The molecule has 1 heterocycles. The summed E-state index contributed by atoms with van der Waals surface area (Å²) < 4.78 is 0. The molecule has 0 fully saturated rings. The first-order valence-corrected chi connectivity index (χ1v) is 6.51. The highest BCUT2D eigenvalue weighted by Gasteiger charge is 2.02. The van der Waals surface area contributed by atoms with Crippen molar-refractivity contribution < 1.29 is 0 Å². The predicted octanol–water partition coefficient (Wildman–Crippen LogP) is 2.38. The minimum Gasteiger partial charge on any atom is -0.382 e. The van der Waals surface area contributed by atoms with Gasteiger partial charge >= 0.3 is 0 Å². The molecule has 0 saturated heterocycles. The first kappa shape index (κ1) is 12.8. The highest BCUT2D eigenvalue weighted by Crippen LogP contribution is 2.19. The van der Waals surface area contributed by atoms with Crippen molar-refractivity contribution >= 4 is 16.6 Å². The number of fused-ring (bicyclic) bond motifs is 1. The molecule has 0 spiro atoms. The number of hydrogen-bond donors (Lipinski definition) is 1. The number of nitrogens with zero attached hydrogens (tertiary/aromatic N) is 3. The minimum atomic E-state index is 0.928. The van der Waals surface area contributed by atoms with Gasteiger partial charge in [-0.25, -0.2) is 0 Å². The van der Waals surface area contributed by atoms with E-state index in [9.17, 15) is 0 Å². The van der Waals surface area contributed by atoms with Crippen molar-refractivity contribution in [2.75, 3.05) is 31.5 Å². The normalized spacial score (nSPS) is 11.1. The molecule has 0 atom stereocenters. The van der Waals surface area contributed by atoms with Gasteiger partial charge in [-0.05, 0) is 19.2 Å². The molecule has 4 nitrogen and oxygen atoms in total. The van der Waals surface area contributed by atoms with Crippen LogP contribution in [-0.2, 0) is 0 Å². The lowest BCUT2D eigenvalue weighted by atomic mass is 10.2. The zero-order valence-corrected chi connectivity index (χ0v) is 11.1. The third-order valence-corrected chi connectivity index (χ3v) is 3.18. The topological polar surface area (TPSA) is 41.0 Å². The summed E-state index contributed by atoms with van der Waals surface area (Å²) in [4.78, 5) is 2.39. The fraction of sp³-hybridized carbons (Fsp3) is 0.429. The third kappa shape index (κ3) is 2.96. The molecule has 2 aromatic rings. The van der Waals surface area contributed by atoms with Gasteiger partial charge in [0.15, 0.2) is 0 Å². The summed E-state index contributed by atoms with van der Waals surface area (Å²) >= 11 is 0. The van der Waals surface area contributed by atoms with Crippen molar-refractivity contribution in [1.82, 2.24) is 15.1 Å². The van der Waals surface area contributed by atoms with Gasteiger partial charge in [-0.2, -0.15) is 10.2 Å². The van der Waals surface area contributed by atoms with Gasteiger partial charge in [0, 0.05) is 18.5 Å². The van der Waals surface area contributed by atoms with E-state index in [2.05, 4.69) is 40.3 Å². The fourth-order valence-electron chi connectivity index (χ4n) is 2.04. The molecule has 1 N–H and O–H groups in total. The Labute approximate surface area is 108 Å². The van der Waals surface area contributed by atoms with Crippen LogP contribution in [-0.4, -0.2) is 41.3 Å². The average Bonchev–Trinajstić information content (AvgIpc) is 2.44. The Balaban J connectivity index is 2.03. The van der Waals surface area contributed by atoms with Crippen LogP contribution in [0.1, 0.15) is 13.8 Å². The van der Waals surface area contributed by atoms with Crippen molar-refractivity contribution in [2.24, 2.45) is 0 Å². The summed E-state index contributed by atoms with van der Waals surface area (Å²) in [6, 6.07) is 8.07. The second-order valence-corrected chi connectivity index (χ2v) is 4.23. The van der Waals surface area contributed by atoms with Crippen LogP contribution < -0.4 is 5.32 Å². The number of likely N-dealkylation sites (N-methyl/N-ethyl adjacent to an activating group) is 1. The Kier molecular flexibility index (Phi) is 4.47. The maximum absolute atomic E-state index is 4.12. The molecule has 0 aliphatic heterocycles. The van der Waals surface area contributed by atoms with E-state index in [4.69, 9.17) is 0 Å². The number of nitrogens with one attached hydrogen (secondary N) is 1. The average molecular weight is 244 g/mol. The molecular weight excluding hydrogens is 224 g/mol. The Morgan fingerprint density at radius 3 is 2.72 bits per heavy atom. The van der Waals surface area contributed by atoms with Crippen LogP contribution in [0.15, 0.2) is 30.5 Å². The first-order chi connectivity index (χ1) is 8.85. The van der Waals surface area contributed by atoms with Crippen molar-refractivity contribution in [2.45, 2.75) is 13.8 Å². The lowest BCUT2D eigenvalue weighted by Gasteiger charge is -2.18. The largest absolute Gasteiger partial charge is 0.382 e. The smallest absolute Gasteiger partial charge is 0.0950 e. The highest BCUT2D eigenvalue weighted by atomic mass is 15.1. The van der Waals surface area contributed by atoms with Gasteiger partial charge in [0.25, 0.3) is 0 Å². The molecule has 1 aromatic carbocycles. The Bertz CT molecular complexity index is 489. The van der Waals surface area contributed by atoms with Gasteiger partial charge in [-0.3, -0.25) is 0 Å². The molecule has 96 valence electrons. The third-order valence-electron chi connectivity index (χ3n) is 3.18. The summed E-state index contributed by atoms with van der Waals surface area (Å²) in [5, 5.41) is 12.7. The zero-order valence-electron chi connectivity index (χ0n) is 11.1. The molecule has 1 aromatic heterocycles. The molecule has 4 heteroatoms. The van der Waals surface area contributed by atoms with Gasteiger partial charge in [-0.1, -0.05) is 32.0 Å². The van der Waals surface area contributed by atoms with E-state index in [-0.39, 0.29) is 0 Å². The first-order valence-electron chi connectivity index (χ1n) is 6.51. The fourth-order valence-corrected chi connectivity index (χ4v) is 2.04. The Morgan fingerprint density at radius 1 is 1.17 bits per heavy atom. The molecule has 0 amide bonds. The SMILES string of the molecule is CCN(CC)CCNc1cnnc2ccccc12. The second kappa shape index (κ2) is 6.31. The molecule has 2 rings (SSSR count). The molecule has 0 aliphatic rings. The number of aromatic nitrogens is 2. The maximum atomic E-state index is 4.12. The Hall–Kier alpha value is -1.68. The van der Waals surface area contributed by atoms with Crippen LogP contribution >= 0.6 is 0 Å². The quantitative estimate of drug-likeness (QED) is 0.847. The van der Waals surface area contributed by atoms with Gasteiger partial charge in [0.2, 0.25) is 0 Å². The molecule has 0 aliphatic carbocycles. The summed E-state index contributed by atoms with van der Waals surface area (Å²) in [5.74, 6) is 0. The molecule has 0 radical (unpaired) electrons. The van der Waals surface area contributed by atoms with Crippen molar-refractivity contribution in [3.05, 3.63) is 30.5 Å². The molecule has 18 heavy (non-hydrogen) atoms. The lowest BCUT2D eigenvalue weighted by Crippen LogP contribution is -2.28. The van der Waals surface area contributed by atoms with E-state index in [1.165, 1.54) is 0 Å². The zero-order chi connectivity index (χ0) is 12.8.